The van der Waals surface area contributed by atoms with Crippen LogP contribution in [0.4, 0.5) is 0 Å². The zero-order valence-corrected chi connectivity index (χ0v) is 7.31. The van der Waals surface area contributed by atoms with Crippen LogP contribution >= 0.6 is 0 Å². The van der Waals surface area contributed by atoms with Crippen molar-refractivity contribution < 1.29 is 18.9 Å². The van der Waals surface area contributed by atoms with Crippen LogP contribution in [0.2, 0.25) is 0 Å². The first-order valence-electron chi connectivity index (χ1n) is 3.36. The number of nitrogens with zero attached hydrogens (tertiary/aromatic N) is 1. The van der Waals surface area contributed by atoms with E-state index in [0.29, 0.717) is 12.1 Å². The maximum Gasteiger partial charge on any atom is 1.00 e. The van der Waals surface area contributed by atoms with Crippen molar-refractivity contribution in [2.75, 3.05) is 0 Å². The van der Waals surface area contributed by atoms with Gasteiger partial charge in [0.15, 0.2) is 0 Å². The second kappa shape index (κ2) is 6.67. The third kappa shape index (κ3) is 8.56. The second-order valence-corrected chi connectivity index (χ2v) is 2.50. The molecule has 0 rings (SSSR count). The molecule has 0 aromatic heterocycles. The first kappa shape index (κ1) is 12.3. The van der Waals surface area contributed by atoms with E-state index in [4.69, 9.17) is 0 Å². The molecule has 1 atom stereocenters. The van der Waals surface area contributed by atoms with Gasteiger partial charge >= 0.3 is 18.9 Å². The van der Waals surface area contributed by atoms with Crippen LogP contribution in [0.1, 0.15) is 34.1 Å². The minimum Gasteiger partial charge on any atom is -0.657 e. The SMILES string of the molecule is CC[C@@H](C)[N-]C(C)C.[Li+]. The van der Waals surface area contributed by atoms with Crippen molar-refractivity contribution in [3.05, 3.63) is 5.32 Å². The summed E-state index contributed by atoms with van der Waals surface area (Å²) in [7, 11) is 0. The molecule has 0 aliphatic carbocycles. The van der Waals surface area contributed by atoms with Crippen molar-refractivity contribution in [3.8, 4) is 0 Å². The number of hydrogen-bond donors (Lipinski definition) is 0. The molecule has 0 fully saturated rings. The topological polar surface area (TPSA) is 14.1 Å². The summed E-state index contributed by atoms with van der Waals surface area (Å²) in [6, 6.07) is 1.06. The Morgan fingerprint density at radius 3 is 1.78 bits per heavy atom. The van der Waals surface area contributed by atoms with Gasteiger partial charge in [0.25, 0.3) is 0 Å². The van der Waals surface area contributed by atoms with Gasteiger partial charge in [-0.2, -0.15) is 0 Å². The van der Waals surface area contributed by atoms with Gasteiger partial charge in [0.1, 0.15) is 0 Å². The smallest absolute Gasteiger partial charge is 0.657 e. The molecule has 0 amide bonds. The summed E-state index contributed by atoms with van der Waals surface area (Å²) < 4.78 is 0. The van der Waals surface area contributed by atoms with Crippen LogP contribution in [0.15, 0.2) is 0 Å². The van der Waals surface area contributed by atoms with Crippen LogP contribution in [0.5, 0.6) is 0 Å². The monoisotopic (exact) mass is 121 g/mol. The van der Waals surface area contributed by atoms with Crippen molar-refractivity contribution in [1.82, 2.24) is 0 Å². The summed E-state index contributed by atoms with van der Waals surface area (Å²) in [4.78, 5) is 0. The molecule has 0 unspecified atom stereocenters. The Kier molecular flexibility index (Phi) is 9.09. The molecule has 0 radical (unpaired) electrons. The molecular weight excluding hydrogens is 105 g/mol. The van der Waals surface area contributed by atoms with Crippen LogP contribution in [0, 0.1) is 0 Å². The molecule has 0 N–H and O–H groups in total. The van der Waals surface area contributed by atoms with E-state index < -0.39 is 0 Å². The van der Waals surface area contributed by atoms with E-state index >= 15 is 0 Å². The summed E-state index contributed by atoms with van der Waals surface area (Å²) in [5.74, 6) is 0. The van der Waals surface area contributed by atoms with Gasteiger partial charge in [-0.1, -0.05) is 34.1 Å². The Balaban J connectivity index is 0. The normalized spacial score (nSPS) is 13.0. The fourth-order valence-corrected chi connectivity index (χ4v) is 0.614. The molecule has 0 saturated carbocycles. The third-order valence-corrected chi connectivity index (χ3v) is 1.14. The molecule has 0 spiro atoms. The Morgan fingerprint density at radius 2 is 1.67 bits per heavy atom. The Bertz CT molecular complexity index is 54.9. The molecule has 2 heteroatoms. The van der Waals surface area contributed by atoms with E-state index in [1.807, 2.05) is 0 Å². The molecule has 0 saturated heterocycles. The summed E-state index contributed by atoms with van der Waals surface area (Å²) in [5.41, 5.74) is 0. The van der Waals surface area contributed by atoms with Gasteiger partial charge in [0.05, 0.1) is 0 Å². The molecule has 0 aliphatic rings. The zero-order valence-electron chi connectivity index (χ0n) is 7.31. The van der Waals surface area contributed by atoms with Gasteiger partial charge in [0, 0.05) is 0 Å². The van der Waals surface area contributed by atoms with Gasteiger partial charge in [-0.05, 0) is 0 Å². The van der Waals surface area contributed by atoms with Crippen LogP contribution < -0.4 is 18.9 Å². The molecule has 0 aromatic carbocycles. The Hall–Kier alpha value is 0.557. The summed E-state index contributed by atoms with van der Waals surface area (Å²) in [6.45, 7) is 8.55. The van der Waals surface area contributed by atoms with E-state index in [1.54, 1.807) is 0 Å². The van der Waals surface area contributed by atoms with Gasteiger partial charge in [0.2, 0.25) is 0 Å². The van der Waals surface area contributed by atoms with Gasteiger partial charge < -0.3 is 5.32 Å². The van der Waals surface area contributed by atoms with E-state index in [1.165, 1.54) is 0 Å². The molecule has 1 nitrogen and oxygen atoms in total. The van der Waals surface area contributed by atoms with Crippen LogP contribution in [0.25, 0.3) is 5.32 Å². The van der Waals surface area contributed by atoms with Gasteiger partial charge in [-0.3, -0.25) is 0 Å². The predicted molar refractivity (Wildman–Crippen MR) is 38.2 cm³/mol. The standard InChI is InChI=1S/C7H16N.Li/c1-5-7(4)8-6(2)3;/h6-7H,5H2,1-4H3;/q-1;+1/t7-;/m1./s1. The van der Waals surface area contributed by atoms with Crippen molar-refractivity contribution in [3.63, 3.8) is 0 Å². The third-order valence-electron chi connectivity index (χ3n) is 1.14. The van der Waals surface area contributed by atoms with Gasteiger partial charge in [-0.25, -0.2) is 0 Å². The molecule has 0 aromatic rings. The maximum atomic E-state index is 4.40. The number of rotatable bonds is 3. The largest absolute Gasteiger partial charge is 1.00 e. The van der Waals surface area contributed by atoms with Crippen LogP contribution in [0.3, 0.4) is 0 Å². The van der Waals surface area contributed by atoms with Crippen molar-refractivity contribution in [1.29, 1.82) is 0 Å². The molecule has 0 bridgehead atoms. The van der Waals surface area contributed by atoms with Crippen molar-refractivity contribution >= 4 is 0 Å². The van der Waals surface area contributed by atoms with E-state index in [9.17, 15) is 0 Å². The first-order chi connectivity index (χ1) is 3.66. The van der Waals surface area contributed by atoms with Crippen LogP contribution in [-0.4, -0.2) is 12.1 Å². The minimum absolute atomic E-state index is 0. The average Bonchev–Trinajstić information content (AvgIpc) is 1.65. The van der Waals surface area contributed by atoms with E-state index in [0.717, 1.165) is 6.42 Å². The predicted octanol–water partition coefficient (Wildman–Crippen LogP) is -0.429. The molecule has 0 heterocycles. The molecule has 50 valence electrons. The number of hydrogen-bond acceptors (Lipinski definition) is 0. The summed E-state index contributed by atoms with van der Waals surface area (Å²) in [5, 5.41) is 4.40. The second-order valence-electron chi connectivity index (χ2n) is 2.50. The fraction of sp³-hybridized carbons (Fsp3) is 1.00. The fourth-order valence-electron chi connectivity index (χ4n) is 0.614. The summed E-state index contributed by atoms with van der Waals surface area (Å²) in [6.07, 6.45) is 1.16. The van der Waals surface area contributed by atoms with E-state index in [-0.39, 0.29) is 18.9 Å². The minimum atomic E-state index is 0. The Morgan fingerprint density at radius 1 is 1.22 bits per heavy atom. The van der Waals surface area contributed by atoms with Crippen molar-refractivity contribution in [2.45, 2.75) is 46.2 Å². The zero-order chi connectivity index (χ0) is 6.57. The molecular formula is C7H16LiN. The quantitative estimate of drug-likeness (QED) is 0.450. The van der Waals surface area contributed by atoms with Crippen molar-refractivity contribution in [2.24, 2.45) is 0 Å². The van der Waals surface area contributed by atoms with E-state index in [2.05, 4.69) is 33.0 Å². The van der Waals surface area contributed by atoms with Gasteiger partial charge in [-0.15, -0.1) is 12.1 Å². The first-order valence-corrected chi connectivity index (χ1v) is 3.36. The summed E-state index contributed by atoms with van der Waals surface area (Å²) >= 11 is 0. The van der Waals surface area contributed by atoms with Crippen LogP contribution in [-0.2, 0) is 0 Å². The molecule has 0 aliphatic heterocycles. The average molecular weight is 121 g/mol. The molecule has 9 heavy (non-hydrogen) atoms. The Labute approximate surface area is 70.8 Å². The maximum absolute atomic E-state index is 4.40.